The predicted molar refractivity (Wildman–Crippen MR) is 103 cm³/mol. The van der Waals surface area contributed by atoms with Gasteiger partial charge in [0, 0.05) is 18.4 Å². The average Bonchev–Trinajstić information content (AvgIpc) is 2.72. The number of carboxylic acids is 1. The van der Waals surface area contributed by atoms with Crippen molar-refractivity contribution in [3.63, 3.8) is 0 Å². The second kappa shape index (κ2) is 10.1. The third-order valence-electron chi connectivity index (χ3n) is 4.22. The molecular formula is C21H23NO6. The Morgan fingerprint density at radius 3 is 1.93 bits per heavy atom. The van der Waals surface area contributed by atoms with Crippen LogP contribution in [0.1, 0.15) is 41.2 Å². The maximum Gasteiger partial charge on any atom is 0.330 e. The maximum absolute atomic E-state index is 12.2. The Kier molecular flexibility index (Phi) is 7.56. The fourth-order valence-corrected chi connectivity index (χ4v) is 2.65. The van der Waals surface area contributed by atoms with Crippen LogP contribution < -0.4 is 14.8 Å². The number of ketones is 1. The Morgan fingerprint density at radius 1 is 0.893 bits per heavy atom. The molecule has 148 valence electrons. The Labute approximate surface area is 163 Å². The molecule has 1 unspecified atom stereocenters. The van der Waals surface area contributed by atoms with Crippen LogP contribution in [-0.4, -0.2) is 37.0 Å². The van der Waals surface area contributed by atoms with E-state index in [1.165, 1.54) is 7.11 Å². The predicted octanol–water partition coefficient (Wildman–Crippen LogP) is 3.00. The number of rotatable bonds is 10. The number of carboxylic acid groups (broad SMARTS) is 1. The first-order valence-corrected chi connectivity index (χ1v) is 8.78. The molecule has 2 rings (SSSR count). The molecule has 0 heterocycles. The number of hydrogen-bond donors (Lipinski definition) is 2. The number of nitrogens with one attached hydrogen (secondary N) is 1. The van der Waals surface area contributed by atoms with Gasteiger partial charge in [-0.2, -0.15) is 0 Å². The van der Waals surface area contributed by atoms with Crippen LogP contribution in [0.25, 0.3) is 0 Å². The molecule has 2 N–H and O–H groups in total. The van der Waals surface area contributed by atoms with Gasteiger partial charge in [-0.15, -0.1) is 0 Å². The van der Waals surface area contributed by atoms with E-state index in [0.29, 0.717) is 29.0 Å². The van der Waals surface area contributed by atoms with Crippen LogP contribution >= 0.6 is 0 Å². The van der Waals surface area contributed by atoms with Crippen molar-refractivity contribution in [1.82, 2.24) is 5.32 Å². The van der Waals surface area contributed by atoms with E-state index in [4.69, 9.17) is 9.47 Å². The number of Topliss-reactive ketones (excluding diaryl/α,β-unsaturated/α-hetero) is 1. The van der Waals surface area contributed by atoms with Gasteiger partial charge in [-0.1, -0.05) is 12.1 Å². The molecule has 0 aliphatic heterocycles. The van der Waals surface area contributed by atoms with E-state index in [1.54, 1.807) is 55.6 Å². The van der Waals surface area contributed by atoms with Crippen molar-refractivity contribution in [3.8, 4) is 11.5 Å². The molecule has 0 aliphatic carbocycles. The summed E-state index contributed by atoms with van der Waals surface area (Å²) >= 11 is 0. The summed E-state index contributed by atoms with van der Waals surface area (Å²) in [6.45, 7) is 0. The van der Waals surface area contributed by atoms with Gasteiger partial charge in [0.05, 0.1) is 14.2 Å². The lowest BCUT2D eigenvalue weighted by Crippen LogP contribution is -2.33. The van der Waals surface area contributed by atoms with Gasteiger partial charge in [0.15, 0.2) is 11.8 Å². The van der Waals surface area contributed by atoms with E-state index in [9.17, 15) is 19.5 Å². The van der Waals surface area contributed by atoms with Crippen LogP contribution in [0.2, 0.25) is 0 Å². The molecule has 1 amide bonds. The maximum atomic E-state index is 12.2. The van der Waals surface area contributed by atoms with Crippen LogP contribution in [0.15, 0.2) is 48.5 Å². The zero-order valence-electron chi connectivity index (χ0n) is 15.8. The Balaban J connectivity index is 1.86. The summed E-state index contributed by atoms with van der Waals surface area (Å²) in [5.41, 5.74) is 0.985. The van der Waals surface area contributed by atoms with Crippen LogP contribution in [0, 0.1) is 0 Å². The minimum Gasteiger partial charge on any atom is -0.497 e. The second-order valence-corrected chi connectivity index (χ2v) is 6.12. The van der Waals surface area contributed by atoms with Crippen molar-refractivity contribution in [1.29, 1.82) is 0 Å². The largest absolute Gasteiger partial charge is 0.497 e. The van der Waals surface area contributed by atoms with Gasteiger partial charge in [-0.05, 0) is 48.4 Å². The number of amides is 1. The van der Waals surface area contributed by atoms with E-state index in [1.807, 2.05) is 0 Å². The molecular weight excluding hydrogens is 362 g/mol. The number of methoxy groups -OCH3 is 2. The standard InChI is InChI=1S/C21H23NO6/c1-27-16-10-6-14(7-11-16)18(23)4-3-5-19(24)22-20(21(25)26)15-8-12-17(28-2)13-9-15/h6-13,20H,3-5H2,1-2H3,(H,22,24)(H,25,26). The summed E-state index contributed by atoms with van der Waals surface area (Å²) in [6, 6.07) is 12.0. The number of ether oxygens (including phenoxy) is 2. The van der Waals surface area contributed by atoms with Crippen LogP contribution in [0.5, 0.6) is 11.5 Å². The smallest absolute Gasteiger partial charge is 0.330 e. The topological polar surface area (TPSA) is 102 Å². The molecule has 0 aromatic heterocycles. The summed E-state index contributed by atoms with van der Waals surface area (Å²) in [4.78, 5) is 35.8. The molecule has 0 spiro atoms. The summed E-state index contributed by atoms with van der Waals surface area (Å²) in [5.74, 6) is -0.413. The number of aliphatic carboxylic acids is 1. The highest BCUT2D eigenvalue weighted by Crippen LogP contribution is 2.19. The highest BCUT2D eigenvalue weighted by molar-refractivity contribution is 5.96. The van der Waals surface area contributed by atoms with Gasteiger partial charge in [-0.3, -0.25) is 9.59 Å². The lowest BCUT2D eigenvalue weighted by molar-refractivity contribution is -0.142. The Hall–Kier alpha value is -3.35. The Bertz CT molecular complexity index is 814. The van der Waals surface area contributed by atoms with E-state index in [2.05, 4.69) is 5.32 Å². The van der Waals surface area contributed by atoms with Crippen LogP contribution in [0.4, 0.5) is 0 Å². The van der Waals surface area contributed by atoms with Crippen molar-refractivity contribution in [2.75, 3.05) is 14.2 Å². The molecule has 1 atom stereocenters. The summed E-state index contributed by atoms with van der Waals surface area (Å²) in [6.07, 6.45) is 0.577. The van der Waals surface area contributed by atoms with Crippen LogP contribution in [-0.2, 0) is 9.59 Å². The zero-order valence-corrected chi connectivity index (χ0v) is 15.8. The molecule has 7 heteroatoms. The minimum atomic E-state index is -1.16. The molecule has 2 aromatic carbocycles. The van der Waals surface area contributed by atoms with Crippen molar-refractivity contribution in [2.24, 2.45) is 0 Å². The van der Waals surface area contributed by atoms with Crippen molar-refractivity contribution < 1.29 is 29.0 Å². The second-order valence-electron chi connectivity index (χ2n) is 6.12. The quantitative estimate of drug-likeness (QED) is 0.610. The van der Waals surface area contributed by atoms with E-state index in [0.717, 1.165) is 0 Å². The highest BCUT2D eigenvalue weighted by atomic mass is 16.5. The highest BCUT2D eigenvalue weighted by Gasteiger charge is 2.22. The summed E-state index contributed by atoms with van der Waals surface area (Å²) in [7, 11) is 3.06. The molecule has 0 saturated carbocycles. The number of benzene rings is 2. The molecule has 7 nitrogen and oxygen atoms in total. The monoisotopic (exact) mass is 385 g/mol. The summed E-state index contributed by atoms with van der Waals surface area (Å²) < 4.78 is 10.1. The van der Waals surface area contributed by atoms with Gasteiger partial charge in [0.25, 0.3) is 0 Å². The van der Waals surface area contributed by atoms with Gasteiger partial charge < -0.3 is 19.9 Å². The molecule has 2 aromatic rings. The SMILES string of the molecule is COc1ccc(C(=O)CCCC(=O)NC(C(=O)O)c2ccc(OC)cc2)cc1. The first kappa shape index (κ1) is 21.0. The molecule has 0 fully saturated rings. The first-order valence-electron chi connectivity index (χ1n) is 8.78. The molecule has 0 aliphatic rings. The van der Waals surface area contributed by atoms with E-state index >= 15 is 0 Å². The van der Waals surface area contributed by atoms with Crippen molar-refractivity contribution in [3.05, 3.63) is 59.7 Å². The number of hydrogen-bond acceptors (Lipinski definition) is 5. The fourth-order valence-electron chi connectivity index (χ4n) is 2.65. The van der Waals surface area contributed by atoms with Gasteiger partial charge >= 0.3 is 5.97 Å². The van der Waals surface area contributed by atoms with Crippen molar-refractivity contribution in [2.45, 2.75) is 25.3 Å². The zero-order chi connectivity index (χ0) is 20.5. The van der Waals surface area contributed by atoms with E-state index < -0.39 is 17.9 Å². The minimum absolute atomic E-state index is 0.0574. The third-order valence-corrected chi connectivity index (χ3v) is 4.22. The fraction of sp³-hybridized carbons (Fsp3) is 0.286. The van der Waals surface area contributed by atoms with Crippen molar-refractivity contribution >= 4 is 17.7 Å². The van der Waals surface area contributed by atoms with Crippen LogP contribution in [0.3, 0.4) is 0 Å². The molecule has 0 bridgehead atoms. The lowest BCUT2D eigenvalue weighted by Gasteiger charge is -2.15. The first-order chi connectivity index (χ1) is 13.4. The normalized spacial score (nSPS) is 11.4. The van der Waals surface area contributed by atoms with E-state index in [-0.39, 0.29) is 18.6 Å². The average molecular weight is 385 g/mol. The molecule has 0 radical (unpaired) electrons. The van der Waals surface area contributed by atoms with Gasteiger partial charge in [-0.25, -0.2) is 4.79 Å². The van der Waals surface area contributed by atoms with Gasteiger partial charge in [0.1, 0.15) is 11.5 Å². The number of carbonyl (C=O) groups is 3. The Morgan fingerprint density at radius 2 is 1.43 bits per heavy atom. The number of carbonyl (C=O) groups excluding carboxylic acids is 2. The molecule has 0 saturated heterocycles. The lowest BCUT2D eigenvalue weighted by atomic mass is 10.0. The third kappa shape index (κ3) is 5.84. The summed E-state index contributed by atoms with van der Waals surface area (Å²) in [5, 5.41) is 11.9. The van der Waals surface area contributed by atoms with Gasteiger partial charge in [0.2, 0.25) is 5.91 Å². The molecule has 28 heavy (non-hydrogen) atoms.